The van der Waals surface area contributed by atoms with E-state index in [9.17, 15) is 14.7 Å². The Bertz CT molecular complexity index is 512. The van der Waals surface area contributed by atoms with Crippen LogP contribution in [0.25, 0.3) is 0 Å². The molecule has 1 fully saturated rings. The number of hydrogen-bond acceptors (Lipinski definition) is 4. The van der Waals surface area contributed by atoms with E-state index in [0.717, 1.165) is 11.1 Å². The normalized spacial score (nSPS) is 24.1. The summed E-state index contributed by atoms with van der Waals surface area (Å²) in [5.41, 5.74) is -0.0160. The van der Waals surface area contributed by atoms with Crippen LogP contribution in [0.2, 0.25) is 0 Å². The van der Waals surface area contributed by atoms with Gasteiger partial charge >= 0.3 is 0 Å². The van der Waals surface area contributed by atoms with Crippen LogP contribution < -0.4 is 5.56 Å². The minimum absolute atomic E-state index is 0.210. The number of β-amino-alcohol motifs (C(OH)–C–C–N with tert-alkyl or cyclic N) is 1. The Balaban J connectivity index is 2.16. The Kier molecular flexibility index (Phi) is 3.47. The zero-order valence-electron chi connectivity index (χ0n) is 10.5. The third kappa shape index (κ3) is 2.43. The van der Waals surface area contributed by atoms with Crippen molar-refractivity contribution in [3.8, 4) is 0 Å². The van der Waals surface area contributed by atoms with Crippen LogP contribution in [0, 0.1) is 5.92 Å². The first-order chi connectivity index (χ1) is 8.49. The first kappa shape index (κ1) is 12.8. The fourth-order valence-corrected chi connectivity index (χ4v) is 2.01. The van der Waals surface area contributed by atoms with Gasteiger partial charge in [0.05, 0.1) is 6.10 Å². The Morgan fingerprint density at radius 1 is 1.50 bits per heavy atom. The number of aromatic nitrogens is 2. The molecule has 2 atom stereocenters. The molecular formula is C12H17N3O3. The van der Waals surface area contributed by atoms with Crippen LogP contribution in [0.1, 0.15) is 23.8 Å². The van der Waals surface area contributed by atoms with E-state index in [2.05, 4.69) is 5.10 Å². The van der Waals surface area contributed by atoms with Crippen LogP contribution in [0.3, 0.4) is 0 Å². The van der Waals surface area contributed by atoms with Crippen LogP contribution in [0.5, 0.6) is 0 Å². The van der Waals surface area contributed by atoms with Crippen LogP contribution in [-0.4, -0.2) is 44.9 Å². The molecule has 1 amide bonds. The van der Waals surface area contributed by atoms with Gasteiger partial charge in [0.2, 0.25) is 0 Å². The molecule has 0 aliphatic carbocycles. The van der Waals surface area contributed by atoms with Gasteiger partial charge in [-0.05, 0) is 18.4 Å². The maximum absolute atomic E-state index is 12.2. The molecule has 1 N–H and O–H groups in total. The number of hydrogen-bond donors (Lipinski definition) is 1. The highest BCUT2D eigenvalue weighted by atomic mass is 16.3. The second-order valence-corrected chi connectivity index (χ2v) is 4.76. The minimum atomic E-state index is -0.491. The summed E-state index contributed by atoms with van der Waals surface area (Å²) in [7, 11) is 1.51. The van der Waals surface area contributed by atoms with Crippen molar-refractivity contribution in [2.75, 3.05) is 13.1 Å². The van der Waals surface area contributed by atoms with Gasteiger partial charge in [-0.2, -0.15) is 5.10 Å². The molecule has 0 aromatic carbocycles. The van der Waals surface area contributed by atoms with E-state index in [0.29, 0.717) is 13.1 Å². The second kappa shape index (κ2) is 4.89. The predicted octanol–water partition coefficient (Wildman–Crippen LogP) is -0.377. The SMILES string of the molecule is CC1CCN(C(=O)c2ccc(=O)n(C)n2)CC1O. The van der Waals surface area contributed by atoms with E-state index in [1.807, 2.05) is 6.92 Å². The number of piperidine rings is 1. The van der Waals surface area contributed by atoms with Crippen LogP contribution in [0.15, 0.2) is 16.9 Å². The summed E-state index contributed by atoms with van der Waals surface area (Å²) >= 11 is 0. The molecule has 0 spiro atoms. The molecule has 2 heterocycles. The number of carbonyl (C=O) groups is 1. The van der Waals surface area contributed by atoms with Gasteiger partial charge in [0.1, 0.15) is 5.69 Å². The van der Waals surface area contributed by atoms with Crippen LogP contribution in [0.4, 0.5) is 0 Å². The molecule has 0 saturated carbocycles. The maximum atomic E-state index is 12.2. The number of aryl methyl sites for hydroxylation is 1. The third-order valence-electron chi connectivity index (χ3n) is 3.39. The Morgan fingerprint density at radius 2 is 2.22 bits per heavy atom. The number of amides is 1. The van der Waals surface area contributed by atoms with E-state index < -0.39 is 6.10 Å². The molecule has 6 heteroatoms. The molecule has 1 aromatic heterocycles. The molecule has 2 rings (SSSR count). The Morgan fingerprint density at radius 3 is 2.83 bits per heavy atom. The average molecular weight is 251 g/mol. The molecule has 98 valence electrons. The monoisotopic (exact) mass is 251 g/mol. The van der Waals surface area contributed by atoms with Gasteiger partial charge in [-0.25, -0.2) is 4.68 Å². The maximum Gasteiger partial charge on any atom is 0.274 e. The summed E-state index contributed by atoms with van der Waals surface area (Å²) in [4.78, 5) is 24.9. The Hall–Kier alpha value is -1.69. The summed E-state index contributed by atoms with van der Waals surface area (Å²) in [6.45, 7) is 2.91. The van der Waals surface area contributed by atoms with E-state index >= 15 is 0 Å². The average Bonchev–Trinajstić information content (AvgIpc) is 2.35. The molecule has 6 nitrogen and oxygen atoms in total. The molecule has 0 radical (unpaired) electrons. The van der Waals surface area contributed by atoms with Crippen LogP contribution in [-0.2, 0) is 7.05 Å². The summed E-state index contributed by atoms with van der Waals surface area (Å²) in [5, 5.41) is 13.7. The first-order valence-electron chi connectivity index (χ1n) is 6.00. The number of rotatable bonds is 1. The Labute approximate surface area is 105 Å². The molecule has 18 heavy (non-hydrogen) atoms. The lowest BCUT2D eigenvalue weighted by Crippen LogP contribution is -2.46. The number of nitrogens with zero attached hydrogens (tertiary/aromatic N) is 3. The van der Waals surface area contributed by atoms with Gasteiger partial charge < -0.3 is 10.0 Å². The highest BCUT2D eigenvalue weighted by Crippen LogP contribution is 2.18. The molecule has 1 aliphatic heterocycles. The van der Waals surface area contributed by atoms with E-state index in [1.54, 1.807) is 4.90 Å². The van der Waals surface area contributed by atoms with E-state index in [4.69, 9.17) is 0 Å². The summed E-state index contributed by atoms with van der Waals surface area (Å²) in [6, 6.07) is 2.75. The number of aliphatic hydroxyl groups excluding tert-OH is 1. The zero-order valence-corrected chi connectivity index (χ0v) is 10.5. The van der Waals surface area contributed by atoms with E-state index in [1.165, 1.54) is 19.2 Å². The zero-order chi connectivity index (χ0) is 13.3. The summed E-state index contributed by atoms with van der Waals surface area (Å²) < 4.78 is 1.14. The molecule has 1 saturated heterocycles. The predicted molar refractivity (Wildman–Crippen MR) is 65.2 cm³/mol. The van der Waals surface area contributed by atoms with Crippen LogP contribution >= 0.6 is 0 Å². The van der Waals surface area contributed by atoms with Crippen molar-refractivity contribution in [2.24, 2.45) is 13.0 Å². The van der Waals surface area contributed by atoms with Gasteiger partial charge in [-0.1, -0.05) is 6.92 Å². The molecule has 2 unspecified atom stereocenters. The topological polar surface area (TPSA) is 75.4 Å². The van der Waals surface area contributed by atoms with Gasteiger partial charge in [-0.3, -0.25) is 9.59 Å². The lowest BCUT2D eigenvalue weighted by Gasteiger charge is -2.34. The summed E-state index contributed by atoms with van der Waals surface area (Å²) in [5.74, 6) is -0.0290. The second-order valence-electron chi connectivity index (χ2n) is 4.76. The fraction of sp³-hybridized carbons (Fsp3) is 0.583. The number of carbonyl (C=O) groups excluding carboxylic acids is 1. The molecule has 1 aromatic rings. The molecular weight excluding hydrogens is 234 g/mol. The first-order valence-corrected chi connectivity index (χ1v) is 6.00. The van der Waals surface area contributed by atoms with E-state index in [-0.39, 0.29) is 23.1 Å². The number of aliphatic hydroxyl groups is 1. The highest BCUT2D eigenvalue weighted by molar-refractivity contribution is 5.92. The third-order valence-corrected chi connectivity index (χ3v) is 3.39. The van der Waals surface area contributed by atoms with Crippen molar-refractivity contribution in [3.05, 3.63) is 28.2 Å². The van der Waals surface area contributed by atoms with Crippen molar-refractivity contribution < 1.29 is 9.90 Å². The standard InChI is InChI=1S/C12H17N3O3/c1-8-5-6-15(7-10(8)16)12(18)9-3-4-11(17)14(2)13-9/h3-4,8,10,16H,5-7H2,1-2H3. The smallest absolute Gasteiger partial charge is 0.274 e. The largest absolute Gasteiger partial charge is 0.391 e. The van der Waals surface area contributed by atoms with Gasteiger partial charge in [0, 0.05) is 26.2 Å². The van der Waals surface area contributed by atoms with Gasteiger partial charge in [0.15, 0.2) is 0 Å². The van der Waals surface area contributed by atoms with Crippen molar-refractivity contribution in [2.45, 2.75) is 19.4 Å². The highest BCUT2D eigenvalue weighted by Gasteiger charge is 2.28. The van der Waals surface area contributed by atoms with Gasteiger partial charge in [-0.15, -0.1) is 0 Å². The summed E-state index contributed by atoms with van der Waals surface area (Å²) in [6.07, 6.45) is 0.286. The number of likely N-dealkylation sites (tertiary alicyclic amines) is 1. The van der Waals surface area contributed by atoms with Crippen molar-refractivity contribution in [1.29, 1.82) is 0 Å². The molecule has 1 aliphatic rings. The lowest BCUT2D eigenvalue weighted by molar-refractivity contribution is 0.0244. The van der Waals surface area contributed by atoms with Crippen molar-refractivity contribution in [1.82, 2.24) is 14.7 Å². The van der Waals surface area contributed by atoms with Gasteiger partial charge in [0.25, 0.3) is 11.5 Å². The lowest BCUT2D eigenvalue weighted by atomic mass is 9.96. The van der Waals surface area contributed by atoms with Crippen molar-refractivity contribution >= 4 is 5.91 Å². The minimum Gasteiger partial charge on any atom is -0.391 e. The fourth-order valence-electron chi connectivity index (χ4n) is 2.01. The van der Waals surface area contributed by atoms with Crippen molar-refractivity contribution in [3.63, 3.8) is 0 Å². The molecule has 0 bridgehead atoms. The quantitative estimate of drug-likeness (QED) is 0.738.